The summed E-state index contributed by atoms with van der Waals surface area (Å²) in [6.45, 7) is 2.11. The molecule has 2 aromatic rings. The van der Waals surface area contributed by atoms with Gasteiger partial charge in [-0.05, 0) is 18.2 Å². The molecule has 1 heterocycles. The Morgan fingerprint density at radius 1 is 1.10 bits per heavy atom. The van der Waals surface area contributed by atoms with Crippen molar-refractivity contribution in [3.8, 4) is 0 Å². The van der Waals surface area contributed by atoms with E-state index in [0.29, 0.717) is 23.9 Å². The first-order chi connectivity index (χ1) is 9.62. The number of hydrogen-bond acceptors (Lipinski definition) is 4. The number of nitrogens with zero attached hydrogens (tertiary/aromatic N) is 2. The first kappa shape index (κ1) is 14.2. The van der Waals surface area contributed by atoms with Gasteiger partial charge in [-0.2, -0.15) is 0 Å². The molecule has 0 radical (unpaired) electrons. The number of hydrogen-bond donors (Lipinski definition) is 2. The van der Waals surface area contributed by atoms with Crippen LogP contribution in [0.5, 0.6) is 0 Å². The maximum atomic E-state index is 13.5. The van der Waals surface area contributed by atoms with Crippen molar-refractivity contribution < 1.29 is 8.78 Å². The summed E-state index contributed by atoms with van der Waals surface area (Å²) in [4.78, 5) is 8.55. The Kier molecular flexibility index (Phi) is 4.45. The van der Waals surface area contributed by atoms with Crippen LogP contribution >= 0.6 is 0 Å². The summed E-state index contributed by atoms with van der Waals surface area (Å²) in [5, 5.41) is 5.92. The van der Waals surface area contributed by atoms with Crippen molar-refractivity contribution in [1.82, 2.24) is 9.97 Å². The number of rotatable bonds is 5. The quantitative estimate of drug-likeness (QED) is 0.883. The summed E-state index contributed by atoms with van der Waals surface area (Å²) in [6.07, 6.45) is 0.693. The molecule has 0 aliphatic heterocycles. The molecule has 1 aromatic carbocycles. The normalized spacial score (nSPS) is 10.4. The van der Waals surface area contributed by atoms with Gasteiger partial charge < -0.3 is 10.6 Å². The topological polar surface area (TPSA) is 49.8 Å². The largest absolute Gasteiger partial charge is 0.373 e. The molecular weight excluding hydrogens is 262 g/mol. The van der Waals surface area contributed by atoms with E-state index >= 15 is 0 Å². The zero-order valence-electron chi connectivity index (χ0n) is 11.4. The van der Waals surface area contributed by atoms with Gasteiger partial charge in [-0.3, -0.25) is 0 Å². The summed E-state index contributed by atoms with van der Waals surface area (Å²) in [5.74, 6) is 1.02. The molecule has 0 atom stereocenters. The average molecular weight is 278 g/mol. The number of halogens is 2. The highest BCUT2D eigenvalue weighted by Gasteiger charge is 2.06. The van der Waals surface area contributed by atoms with Crippen LogP contribution in [0.15, 0.2) is 24.3 Å². The fraction of sp³-hybridized carbons (Fsp3) is 0.286. The summed E-state index contributed by atoms with van der Waals surface area (Å²) < 4.78 is 26.6. The molecule has 20 heavy (non-hydrogen) atoms. The van der Waals surface area contributed by atoms with Gasteiger partial charge in [-0.15, -0.1) is 0 Å². The van der Waals surface area contributed by atoms with Crippen LogP contribution in [-0.4, -0.2) is 17.0 Å². The minimum Gasteiger partial charge on any atom is -0.373 e. The fourth-order valence-electron chi connectivity index (χ4n) is 1.74. The lowest BCUT2D eigenvalue weighted by molar-refractivity contribution is 0.587. The zero-order valence-corrected chi connectivity index (χ0v) is 11.4. The Balaban J connectivity index is 2.16. The van der Waals surface area contributed by atoms with Crippen LogP contribution in [0.2, 0.25) is 0 Å². The SMILES string of the molecule is CCc1nc(NC)cc(NCc2cc(F)ccc2F)n1. The molecule has 0 unspecified atom stereocenters. The van der Waals surface area contributed by atoms with Gasteiger partial charge in [0.05, 0.1) is 0 Å². The average Bonchev–Trinajstić information content (AvgIpc) is 2.47. The van der Waals surface area contributed by atoms with Crippen molar-refractivity contribution in [2.75, 3.05) is 17.7 Å². The second kappa shape index (κ2) is 6.27. The van der Waals surface area contributed by atoms with Crippen molar-refractivity contribution >= 4 is 11.6 Å². The number of benzene rings is 1. The Morgan fingerprint density at radius 3 is 2.55 bits per heavy atom. The molecular formula is C14H16F2N4. The highest BCUT2D eigenvalue weighted by Crippen LogP contribution is 2.15. The third kappa shape index (κ3) is 3.40. The minimum absolute atomic E-state index is 0.160. The van der Waals surface area contributed by atoms with Gasteiger partial charge in [-0.25, -0.2) is 18.7 Å². The van der Waals surface area contributed by atoms with Gasteiger partial charge in [0.2, 0.25) is 0 Å². The summed E-state index contributed by atoms with van der Waals surface area (Å²) in [5.41, 5.74) is 0.257. The molecule has 0 bridgehead atoms. The van der Waals surface area contributed by atoms with Crippen LogP contribution in [0.1, 0.15) is 18.3 Å². The highest BCUT2D eigenvalue weighted by molar-refractivity contribution is 5.47. The molecule has 0 fully saturated rings. The Morgan fingerprint density at radius 2 is 1.85 bits per heavy atom. The van der Waals surface area contributed by atoms with Crippen LogP contribution in [0.25, 0.3) is 0 Å². The zero-order chi connectivity index (χ0) is 14.5. The molecule has 0 aliphatic rings. The Hall–Kier alpha value is -2.24. The summed E-state index contributed by atoms with van der Waals surface area (Å²) >= 11 is 0. The van der Waals surface area contributed by atoms with Gasteiger partial charge in [-0.1, -0.05) is 6.92 Å². The molecule has 0 spiro atoms. The van der Waals surface area contributed by atoms with Crippen molar-refractivity contribution in [2.24, 2.45) is 0 Å². The van der Waals surface area contributed by atoms with Gasteiger partial charge in [0.15, 0.2) is 0 Å². The number of nitrogens with one attached hydrogen (secondary N) is 2. The van der Waals surface area contributed by atoms with E-state index in [1.807, 2.05) is 6.92 Å². The van der Waals surface area contributed by atoms with Crippen LogP contribution in [0.3, 0.4) is 0 Å². The first-order valence-corrected chi connectivity index (χ1v) is 6.36. The van der Waals surface area contributed by atoms with Crippen molar-refractivity contribution in [1.29, 1.82) is 0 Å². The molecule has 1 aromatic heterocycles. The number of anilines is 2. The Labute approximate surface area is 116 Å². The Bertz CT molecular complexity index is 579. The molecule has 0 amide bonds. The number of aromatic nitrogens is 2. The van der Waals surface area contributed by atoms with Crippen molar-refractivity contribution in [3.63, 3.8) is 0 Å². The van der Waals surface area contributed by atoms with E-state index < -0.39 is 11.6 Å². The lowest BCUT2D eigenvalue weighted by Gasteiger charge is -2.10. The van der Waals surface area contributed by atoms with E-state index in [0.717, 1.165) is 12.1 Å². The van der Waals surface area contributed by atoms with E-state index in [1.54, 1.807) is 13.1 Å². The first-order valence-electron chi connectivity index (χ1n) is 6.36. The lowest BCUT2D eigenvalue weighted by Crippen LogP contribution is -2.07. The molecule has 106 valence electrons. The van der Waals surface area contributed by atoms with Crippen LogP contribution in [-0.2, 0) is 13.0 Å². The predicted molar refractivity (Wildman–Crippen MR) is 74.6 cm³/mol. The second-order valence-electron chi connectivity index (χ2n) is 4.25. The molecule has 0 saturated carbocycles. The van der Waals surface area contributed by atoms with Gasteiger partial charge >= 0.3 is 0 Å². The van der Waals surface area contributed by atoms with Crippen LogP contribution in [0, 0.1) is 11.6 Å². The maximum absolute atomic E-state index is 13.5. The molecule has 0 saturated heterocycles. The van der Waals surface area contributed by atoms with E-state index in [1.165, 1.54) is 6.07 Å². The highest BCUT2D eigenvalue weighted by atomic mass is 19.1. The smallest absolute Gasteiger partial charge is 0.132 e. The molecule has 0 aliphatic carbocycles. The fourth-order valence-corrected chi connectivity index (χ4v) is 1.74. The third-order valence-corrected chi connectivity index (χ3v) is 2.81. The lowest BCUT2D eigenvalue weighted by atomic mass is 10.2. The van der Waals surface area contributed by atoms with E-state index in [-0.39, 0.29) is 12.1 Å². The van der Waals surface area contributed by atoms with Crippen molar-refractivity contribution in [2.45, 2.75) is 19.9 Å². The second-order valence-corrected chi connectivity index (χ2v) is 4.25. The van der Waals surface area contributed by atoms with E-state index in [9.17, 15) is 8.78 Å². The van der Waals surface area contributed by atoms with Gasteiger partial charge in [0, 0.05) is 31.6 Å². The molecule has 4 nitrogen and oxygen atoms in total. The summed E-state index contributed by atoms with van der Waals surface area (Å²) in [7, 11) is 1.76. The van der Waals surface area contributed by atoms with Crippen LogP contribution < -0.4 is 10.6 Å². The van der Waals surface area contributed by atoms with Gasteiger partial charge in [0.25, 0.3) is 0 Å². The third-order valence-electron chi connectivity index (χ3n) is 2.81. The predicted octanol–water partition coefficient (Wildman–Crippen LogP) is 2.97. The minimum atomic E-state index is -0.462. The monoisotopic (exact) mass is 278 g/mol. The van der Waals surface area contributed by atoms with Crippen LogP contribution in [0.4, 0.5) is 20.4 Å². The maximum Gasteiger partial charge on any atom is 0.132 e. The van der Waals surface area contributed by atoms with E-state index in [2.05, 4.69) is 20.6 Å². The standard InChI is InChI=1S/C14H16F2N4/c1-3-12-19-13(17-2)7-14(20-12)18-8-9-6-10(15)4-5-11(9)16/h4-7H,3,8H2,1-2H3,(H2,17,18,19,20). The number of aryl methyl sites for hydroxylation is 1. The molecule has 6 heteroatoms. The molecule has 2 rings (SSSR count). The van der Waals surface area contributed by atoms with Gasteiger partial charge in [0.1, 0.15) is 29.1 Å². The van der Waals surface area contributed by atoms with E-state index in [4.69, 9.17) is 0 Å². The summed E-state index contributed by atoms with van der Waals surface area (Å²) in [6, 6.07) is 5.10. The van der Waals surface area contributed by atoms with Crippen molar-refractivity contribution in [3.05, 3.63) is 47.3 Å². The molecule has 2 N–H and O–H groups in total.